The van der Waals surface area contributed by atoms with E-state index in [0.717, 1.165) is 49.6 Å². The summed E-state index contributed by atoms with van der Waals surface area (Å²) in [5.74, 6) is -0.734. The van der Waals surface area contributed by atoms with Gasteiger partial charge in [-0.3, -0.25) is 29.5 Å². The lowest BCUT2D eigenvalue weighted by atomic mass is 9.72. The molecule has 3 amide bonds. The van der Waals surface area contributed by atoms with Crippen molar-refractivity contribution in [3.05, 3.63) is 75.3 Å². The van der Waals surface area contributed by atoms with Crippen LogP contribution < -0.4 is 5.32 Å². The minimum atomic E-state index is -0.572. The highest BCUT2D eigenvalue weighted by Gasteiger charge is 2.45. The number of carbonyl (C=O) groups is 3. The molecule has 3 atom stereocenters. The number of piperidine rings is 2. The van der Waals surface area contributed by atoms with Crippen LogP contribution in [-0.4, -0.2) is 70.2 Å². The number of imide groups is 1. The molecule has 5 heterocycles. The van der Waals surface area contributed by atoms with Gasteiger partial charge in [0.15, 0.2) is 0 Å². The zero-order valence-corrected chi connectivity index (χ0v) is 25.3. The Kier molecular flexibility index (Phi) is 7.03. The first-order valence-corrected chi connectivity index (χ1v) is 15.7. The van der Waals surface area contributed by atoms with E-state index in [-0.39, 0.29) is 24.1 Å². The van der Waals surface area contributed by atoms with Crippen LogP contribution in [0.2, 0.25) is 5.02 Å². The number of benzene rings is 2. The standard InChI is InChI=1S/C34H39ClN4O3/c1-34(2)12-11-23(29(15-34)22-4-6-25(35)7-5-22)17-37-19-26-14-27(20-37)38(26)16-21-3-8-28-24(13-21)18-39(33(28)42)30-9-10-31(40)36-32(30)41/h3-8,13,26-27,30H,9-12,14-20H2,1-2H3,(H,36,40,41). The molecule has 1 aliphatic carbocycles. The molecule has 4 fully saturated rings. The monoisotopic (exact) mass is 586 g/mol. The number of nitrogens with one attached hydrogen (secondary N) is 1. The minimum Gasteiger partial charge on any atom is -0.322 e. The second-order valence-electron chi connectivity index (χ2n) is 13.7. The Labute approximate surface area is 252 Å². The van der Waals surface area contributed by atoms with Gasteiger partial charge in [-0.15, -0.1) is 0 Å². The number of fused-ring (bicyclic) bond motifs is 3. The van der Waals surface area contributed by atoms with Gasteiger partial charge in [-0.05, 0) is 78.0 Å². The normalized spacial score (nSPS) is 27.6. The van der Waals surface area contributed by atoms with Crippen molar-refractivity contribution in [3.63, 3.8) is 0 Å². The van der Waals surface area contributed by atoms with Gasteiger partial charge in [0.2, 0.25) is 11.8 Å². The van der Waals surface area contributed by atoms with Gasteiger partial charge in [-0.25, -0.2) is 0 Å². The van der Waals surface area contributed by atoms with Gasteiger partial charge in [0.25, 0.3) is 5.91 Å². The first-order chi connectivity index (χ1) is 20.1. The summed E-state index contributed by atoms with van der Waals surface area (Å²) >= 11 is 6.20. The second kappa shape index (κ2) is 10.6. The van der Waals surface area contributed by atoms with Gasteiger partial charge in [0.1, 0.15) is 6.04 Å². The van der Waals surface area contributed by atoms with Crippen LogP contribution in [0.4, 0.5) is 0 Å². The number of hydrogen-bond donors (Lipinski definition) is 1. The van der Waals surface area contributed by atoms with Crippen LogP contribution in [0.3, 0.4) is 0 Å². The van der Waals surface area contributed by atoms with Gasteiger partial charge >= 0.3 is 0 Å². The number of halogens is 1. The molecule has 0 aromatic heterocycles. The van der Waals surface area contributed by atoms with Crippen molar-refractivity contribution in [3.8, 4) is 0 Å². The zero-order chi connectivity index (χ0) is 29.2. The Morgan fingerprint density at radius 2 is 1.74 bits per heavy atom. The Morgan fingerprint density at radius 3 is 2.48 bits per heavy atom. The molecule has 0 saturated carbocycles. The quantitative estimate of drug-likeness (QED) is 0.481. The van der Waals surface area contributed by atoms with Crippen molar-refractivity contribution in [2.45, 2.75) is 83.6 Å². The molecule has 0 spiro atoms. The number of allylic oxidation sites excluding steroid dienone is 1. The molecule has 5 aliphatic heterocycles. The van der Waals surface area contributed by atoms with Crippen LogP contribution in [-0.2, 0) is 22.7 Å². The average Bonchev–Trinajstić information content (AvgIpc) is 3.28. The van der Waals surface area contributed by atoms with Gasteiger partial charge in [-0.1, -0.05) is 55.3 Å². The third-order valence-corrected chi connectivity index (χ3v) is 10.4. The summed E-state index contributed by atoms with van der Waals surface area (Å²) < 4.78 is 0. The summed E-state index contributed by atoms with van der Waals surface area (Å²) in [6.07, 6.45) is 5.41. The summed E-state index contributed by atoms with van der Waals surface area (Å²) in [4.78, 5) is 44.0. The molecule has 8 heteroatoms. The van der Waals surface area contributed by atoms with Crippen molar-refractivity contribution in [2.75, 3.05) is 19.6 Å². The topological polar surface area (TPSA) is 73.0 Å². The highest BCUT2D eigenvalue weighted by molar-refractivity contribution is 6.30. The van der Waals surface area contributed by atoms with E-state index in [4.69, 9.17) is 11.6 Å². The van der Waals surface area contributed by atoms with E-state index in [0.29, 0.717) is 36.0 Å². The summed E-state index contributed by atoms with van der Waals surface area (Å²) in [7, 11) is 0. The van der Waals surface area contributed by atoms with E-state index in [9.17, 15) is 14.4 Å². The van der Waals surface area contributed by atoms with E-state index in [1.165, 1.54) is 29.5 Å². The van der Waals surface area contributed by atoms with Crippen LogP contribution in [0.1, 0.15) is 79.4 Å². The number of rotatable bonds is 6. The molecule has 6 aliphatic rings. The molecule has 3 unspecified atom stereocenters. The number of nitrogens with zero attached hydrogens (tertiary/aromatic N) is 3. The first-order valence-electron chi connectivity index (χ1n) is 15.3. The van der Waals surface area contributed by atoms with Crippen molar-refractivity contribution >= 4 is 34.9 Å². The second-order valence-corrected chi connectivity index (χ2v) is 14.2. The lowest BCUT2D eigenvalue weighted by molar-refractivity contribution is -0.136. The van der Waals surface area contributed by atoms with E-state index in [1.807, 2.05) is 18.2 Å². The summed E-state index contributed by atoms with van der Waals surface area (Å²) in [5.41, 5.74) is 7.62. The fraction of sp³-hybridized carbons (Fsp3) is 0.500. The van der Waals surface area contributed by atoms with Crippen LogP contribution in [0, 0.1) is 5.41 Å². The molecular weight excluding hydrogens is 548 g/mol. The predicted molar refractivity (Wildman–Crippen MR) is 163 cm³/mol. The van der Waals surface area contributed by atoms with Crippen molar-refractivity contribution in [2.24, 2.45) is 5.41 Å². The van der Waals surface area contributed by atoms with E-state index >= 15 is 0 Å². The van der Waals surface area contributed by atoms with E-state index in [1.54, 1.807) is 10.5 Å². The molecule has 2 aromatic carbocycles. The highest BCUT2D eigenvalue weighted by atomic mass is 35.5. The Bertz CT molecular complexity index is 1470. The van der Waals surface area contributed by atoms with Crippen LogP contribution >= 0.6 is 11.6 Å². The predicted octanol–water partition coefficient (Wildman–Crippen LogP) is 5.02. The first kappa shape index (κ1) is 27.8. The van der Waals surface area contributed by atoms with Gasteiger partial charge < -0.3 is 4.90 Å². The number of piperazine rings is 1. The molecule has 220 valence electrons. The fourth-order valence-electron chi connectivity index (χ4n) is 7.83. The Morgan fingerprint density at radius 1 is 0.976 bits per heavy atom. The average molecular weight is 587 g/mol. The fourth-order valence-corrected chi connectivity index (χ4v) is 7.96. The Balaban J connectivity index is 1.00. The number of carbonyl (C=O) groups excluding carboxylic acids is 3. The van der Waals surface area contributed by atoms with Gasteiger partial charge in [0.05, 0.1) is 0 Å². The lowest BCUT2D eigenvalue weighted by Crippen LogP contribution is -2.68. The largest absolute Gasteiger partial charge is 0.322 e. The molecule has 7 nitrogen and oxygen atoms in total. The van der Waals surface area contributed by atoms with Crippen LogP contribution in [0.15, 0.2) is 48.0 Å². The SMILES string of the molecule is CC1(C)CCC(CN2CC3CC(C2)N3Cc2ccc3c(c2)CN(C2CCC(=O)NC2=O)C3=O)=C(c2ccc(Cl)cc2)C1. The van der Waals surface area contributed by atoms with Crippen LogP contribution in [0.5, 0.6) is 0 Å². The third kappa shape index (κ3) is 5.20. The number of hydrogen-bond acceptors (Lipinski definition) is 5. The molecule has 1 N–H and O–H groups in total. The van der Waals surface area contributed by atoms with E-state index in [2.05, 4.69) is 53.2 Å². The van der Waals surface area contributed by atoms with Gasteiger partial charge in [-0.2, -0.15) is 0 Å². The van der Waals surface area contributed by atoms with Crippen molar-refractivity contribution in [1.82, 2.24) is 20.0 Å². The maximum Gasteiger partial charge on any atom is 0.255 e. The molecule has 0 radical (unpaired) electrons. The van der Waals surface area contributed by atoms with Gasteiger partial charge in [0, 0.05) is 61.8 Å². The summed E-state index contributed by atoms with van der Waals surface area (Å²) in [6, 6.07) is 15.1. The van der Waals surface area contributed by atoms with E-state index < -0.39 is 6.04 Å². The van der Waals surface area contributed by atoms with Crippen molar-refractivity contribution in [1.29, 1.82) is 0 Å². The Hall–Kier alpha value is -3.00. The van der Waals surface area contributed by atoms with Crippen LogP contribution in [0.25, 0.3) is 5.57 Å². The third-order valence-electron chi connectivity index (χ3n) is 10.2. The molecule has 8 rings (SSSR count). The summed E-state index contributed by atoms with van der Waals surface area (Å²) in [6.45, 7) is 9.30. The summed E-state index contributed by atoms with van der Waals surface area (Å²) in [5, 5.41) is 3.17. The maximum absolute atomic E-state index is 13.1. The smallest absolute Gasteiger partial charge is 0.255 e. The highest BCUT2D eigenvalue weighted by Crippen LogP contribution is 2.44. The molecular formula is C34H39ClN4O3. The zero-order valence-electron chi connectivity index (χ0n) is 24.5. The lowest BCUT2D eigenvalue weighted by Gasteiger charge is -2.57. The molecule has 2 bridgehead atoms. The maximum atomic E-state index is 13.1. The van der Waals surface area contributed by atoms with Crippen molar-refractivity contribution < 1.29 is 14.4 Å². The number of amides is 3. The molecule has 2 aromatic rings. The molecule has 42 heavy (non-hydrogen) atoms. The minimum absolute atomic E-state index is 0.110. The molecule has 4 saturated heterocycles.